The van der Waals surface area contributed by atoms with Gasteiger partial charge in [0.25, 0.3) is 0 Å². The van der Waals surface area contributed by atoms with Crippen molar-refractivity contribution in [3.05, 3.63) is 11.6 Å². The number of rotatable bonds is 2. The van der Waals surface area contributed by atoms with Crippen LogP contribution in [0.2, 0.25) is 0 Å². The minimum atomic E-state index is -1.60. The van der Waals surface area contributed by atoms with Crippen molar-refractivity contribution >= 4 is 17.3 Å². The molecule has 200 valence electrons. The standard InChI is InChI=1S/C21H28O5.C6H14N2.Pt/c1-19-7-5-13(23)9-12(19)3-4-14-15-6-8-21(26,17(25)11-22)20(15,2)10-16(24)18(14)19;7-5-3-1-2-4-6(5)8;/h9,14-15,18,22,26H,3-8,10-11H2,1-2H3;5-6H,1-4,7-8H2;/t14?,15?,18?,19-,20-,21-;5-,6-;/m01./s1. The molecule has 35 heavy (non-hydrogen) atoms. The van der Waals surface area contributed by atoms with Gasteiger partial charge in [0.15, 0.2) is 11.6 Å². The van der Waals surface area contributed by atoms with E-state index in [2.05, 4.69) is 6.92 Å². The first kappa shape index (κ1) is 28.8. The number of aliphatic hydroxyl groups is 2. The van der Waals surface area contributed by atoms with Crippen LogP contribution in [0.3, 0.4) is 0 Å². The molecule has 3 unspecified atom stereocenters. The van der Waals surface area contributed by atoms with Crippen molar-refractivity contribution in [1.29, 1.82) is 0 Å². The number of hydrogen-bond donors (Lipinski definition) is 4. The fourth-order valence-corrected chi connectivity index (χ4v) is 8.16. The SMILES string of the molecule is C[C@]12CCC(=O)C=C1CCC1C2C(=O)C[C@@]2(C)C1CC[C@]2(O)C(=O)CO.N[C@@H]1CCCC[C@H]1N.[Pt]. The van der Waals surface area contributed by atoms with Gasteiger partial charge in [-0.2, -0.15) is 0 Å². The Morgan fingerprint density at radius 2 is 1.66 bits per heavy atom. The van der Waals surface area contributed by atoms with E-state index < -0.39 is 23.4 Å². The summed E-state index contributed by atoms with van der Waals surface area (Å²) in [6.45, 7) is 3.31. The smallest absolute Gasteiger partial charge is 0.190 e. The molecule has 0 radical (unpaired) electrons. The Hall–Kier alpha value is -0.722. The summed E-state index contributed by atoms with van der Waals surface area (Å²) < 4.78 is 0. The summed E-state index contributed by atoms with van der Waals surface area (Å²) in [5.41, 5.74) is 9.75. The van der Waals surface area contributed by atoms with Crippen molar-refractivity contribution in [2.24, 2.45) is 40.1 Å². The number of allylic oxidation sites excluding steroid dienone is 1. The zero-order valence-electron chi connectivity index (χ0n) is 21.0. The van der Waals surface area contributed by atoms with Crippen molar-refractivity contribution < 1.29 is 45.7 Å². The summed E-state index contributed by atoms with van der Waals surface area (Å²) in [7, 11) is 0. The number of carbonyl (C=O) groups excluding carboxylic acids is 3. The average Bonchev–Trinajstić information content (AvgIpc) is 3.07. The molecule has 4 fully saturated rings. The molecule has 0 aromatic heterocycles. The third kappa shape index (κ3) is 4.69. The molecule has 0 spiro atoms. The second kappa shape index (κ2) is 10.6. The number of fused-ring (bicyclic) bond motifs is 5. The molecule has 0 aromatic carbocycles. The van der Waals surface area contributed by atoms with Crippen LogP contribution in [0.15, 0.2) is 11.6 Å². The van der Waals surface area contributed by atoms with E-state index in [1.807, 2.05) is 6.92 Å². The van der Waals surface area contributed by atoms with Crippen LogP contribution in [0.5, 0.6) is 0 Å². The summed E-state index contributed by atoms with van der Waals surface area (Å²) in [6.07, 6.45) is 10.6. The molecule has 0 bridgehead atoms. The van der Waals surface area contributed by atoms with Crippen molar-refractivity contribution in [2.75, 3.05) is 6.61 Å². The number of aliphatic hydroxyl groups excluding tert-OH is 1. The molecule has 5 aliphatic rings. The van der Waals surface area contributed by atoms with E-state index in [9.17, 15) is 24.6 Å². The maximum Gasteiger partial charge on any atom is 0.190 e. The third-order valence-electron chi connectivity index (χ3n) is 10.3. The van der Waals surface area contributed by atoms with Crippen LogP contribution >= 0.6 is 0 Å². The van der Waals surface area contributed by atoms with Crippen LogP contribution in [-0.2, 0) is 35.4 Å². The molecule has 6 N–H and O–H groups in total. The second-order valence-corrected chi connectivity index (χ2v) is 12.0. The molecule has 0 aromatic rings. The van der Waals surface area contributed by atoms with Crippen LogP contribution in [0.4, 0.5) is 0 Å². The van der Waals surface area contributed by atoms with Gasteiger partial charge in [-0.25, -0.2) is 0 Å². The average molecular weight is 670 g/mol. The quantitative estimate of drug-likeness (QED) is 0.353. The van der Waals surface area contributed by atoms with Crippen LogP contribution in [-0.4, -0.2) is 51.9 Å². The molecule has 8 atom stereocenters. The summed E-state index contributed by atoms with van der Waals surface area (Å²) in [4.78, 5) is 37.5. The maximum atomic E-state index is 13.3. The first-order valence-electron chi connectivity index (χ1n) is 13.1. The van der Waals surface area contributed by atoms with Crippen molar-refractivity contribution in [1.82, 2.24) is 0 Å². The van der Waals surface area contributed by atoms with Gasteiger partial charge in [-0.15, -0.1) is 0 Å². The van der Waals surface area contributed by atoms with E-state index in [1.165, 1.54) is 12.8 Å². The van der Waals surface area contributed by atoms with Gasteiger partial charge >= 0.3 is 0 Å². The van der Waals surface area contributed by atoms with Gasteiger partial charge in [0.1, 0.15) is 18.0 Å². The van der Waals surface area contributed by atoms with Crippen LogP contribution in [0.1, 0.15) is 84.5 Å². The van der Waals surface area contributed by atoms with Gasteiger partial charge in [0.05, 0.1) is 0 Å². The Bertz CT molecular complexity index is 883. The molecule has 7 nitrogen and oxygen atoms in total. The van der Waals surface area contributed by atoms with E-state index >= 15 is 0 Å². The third-order valence-corrected chi connectivity index (χ3v) is 10.3. The van der Waals surface area contributed by atoms with E-state index in [4.69, 9.17) is 11.5 Å². The first-order valence-corrected chi connectivity index (χ1v) is 13.1. The summed E-state index contributed by atoms with van der Waals surface area (Å²) in [5, 5.41) is 20.5. The fourth-order valence-electron chi connectivity index (χ4n) is 8.16. The largest absolute Gasteiger partial charge is 0.388 e. The van der Waals surface area contributed by atoms with Gasteiger partial charge < -0.3 is 21.7 Å². The topological polar surface area (TPSA) is 144 Å². The zero-order valence-corrected chi connectivity index (χ0v) is 23.3. The van der Waals surface area contributed by atoms with Gasteiger partial charge in [-0.1, -0.05) is 32.3 Å². The zero-order chi connectivity index (χ0) is 24.9. The van der Waals surface area contributed by atoms with Gasteiger partial charge in [-0.3, -0.25) is 14.4 Å². The Kier molecular flexibility index (Phi) is 8.71. The summed E-state index contributed by atoms with van der Waals surface area (Å²) >= 11 is 0. The molecule has 4 saturated carbocycles. The molecular weight excluding hydrogens is 627 g/mol. The van der Waals surface area contributed by atoms with Crippen LogP contribution in [0, 0.1) is 28.6 Å². The fraction of sp³-hybridized carbons (Fsp3) is 0.815. The molecule has 0 amide bonds. The monoisotopic (exact) mass is 669 g/mol. The number of Topliss-reactive ketones (excluding diaryl/α,β-unsaturated/α-hetero) is 2. The summed E-state index contributed by atoms with van der Waals surface area (Å²) in [5.74, 6) is -0.172. The van der Waals surface area contributed by atoms with Crippen molar-refractivity contribution in [3.63, 3.8) is 0 Å². The van der Waals surface area contributed by atoms with E-state index in [-0.39, 0.29) is 74.3 Å². The molecule has 0 heterocycles. The Balaban J connectivity index is 0.000000325. The van der Waals surface area contributed by atoms with Crippen molar-refractivity contribution in [3.8, 4) is 0 Å². The van der Waals surface area contributed by atoms with Gasteiger partial charge in [0, 0.05) is 57.3 Å². The van der Waals surface area contributed by atoms with Gasteiger partial charge in [-0.05, 0) is 68.3 Å². The minimum absolute atomic E-state index is 0. The molecule has 8 heteroatoms. The Morgan fingerprint density at radius 1 is 1.03 bits per heavy atom. The number of ketones is 3. The van der Waals surface area contributed by atoms with E-state index in [0.29, 0.717) is 25.7 Å². The maximum absolute atomic E-state index is 13.3. The molecule has 5 aliphatic carbocycles. The van der Waals surface area contributed by atoms with Crippen LogP contribution in [0.25, 0.3) is 0 Å². The molecular formula is C27H42N2O5Pt. The molecule has 5 rings (SSSR count). The number of hydrogen-bond acceptors (Lipinski definition) is 7. The van der Waals surface area contributed by atoms with Crippen molar-refractivity contribution in [2.45, 2.75) is 102 Å². The van der Waals surface area contributed by atoms with Gasteiger partial charge in [0.2, 0.25) is 0 Å². The Morgan fingerprint density at radius 3 is 2.23 bits per heavy atom. The number of nitrogens with two attached hydrogens (primary N) is 2. The van der Waals surface area contributed by atoms with E-state index in [0.717, 1.165) is 31.3 Å². The minimum Gasteiger partial charge on any atom is -0.388 e. The Labute approximate surface area is 223 Å². The molecule has 0 aliphatic heterocycles. The first-order chi connectivity index (χ1) is 16.0. The second-order valence-electron chi connectivity index (χ2n) is 12.0. The predicted molar refractivity (Wildman–Crippen MR) is 129 cm³/mol. The van der Waals surface area contributed by atoms with E-state index in [1.54, 1.807) is 6.08 Å². The molecule has 0 saturated heterocycles. The predicted octanol–water partition coefficient (Wildman–Crippen LogP) is 2.20. The number of carbonyl (C=O) groups is 3. The summed E-state index contributed by atoms with van der Waals surface area (Å²) in [6, 6.07) is 0.562. The van der Waals surface area contributed by atoms with Crippen LogP contribution < -0.4 is 11.5 Å². The normalized spacial score (nSPS) is 44.5.